The fourth-order valence-electron chi connectivity index (χ4n) is 1.45. The second-order valence-electron chi connectivity index (χ2n) is 5.24. The van der Waals surface area contributed by atoms with Gasteiger partial charge in [-0.25, -0.2) is 4.98 Å². The molecule has 0 N–H and O–H groups in total. The van der Waals surface area contributed by atoms with Crippen molar-refractivity contribution in [1.82, 2.24) is 9.55 Å². The van der Waals surface area contributed by atoms with Crippen LogP contribution in [0, 0.1) is 18.3 Å². The van der Waals surface area contributed by atoms with E-state index < -0.39 is 0 Å². The predicted octanol–water partition coefficient (Wildman–Crippen LogP) is 2.61. The minimum Gasteiger partial charge on any atom is -0.299 e. The molecular weight excluding hydrogens is 268 g/mol. The highest BCUT2D eigenvalue weighted by molar-refractivity contribution is 9.09. The van der Waals surface area contributed by atoms with Gasteiger partial charge in [-0.05, 0) is 18.3 Å². The van der Waals surface area contributed by atoms with Gasteiger partial charge in [-0.1, -0.05) is 36.7 Å². The van der Waals surface area contributed by atoms with Crippen LogP contribution < -0.4 is 5.56 Å². The first-order valence-corrected chi connectivity index (χ1v) is 6.56. The summed E-state index contributed by atoms with van der Waals surface area (Å²) in [6.45, 7) is 9.10. The smallest absolute Gasteiger partial charge is 0.253 e. The Kier molecular flexibility index (Phi) is 4.30. The van der Waals surface area contributed by atoms with Crippen molar-refractivity contribution < 1.29 is 0 Å². The van der Waals surface area contributed by atoms with Crippen molar-refractivity contribution >= 4 is 15.9 Å². The monoisotopic (exact) mass is 286 g/mol. The lowest BCUT2D eigenvalue weighted by molar-refractivity contribution is 0.236. The molecule has 1 atom stereocenters. The molecule has 0 aliphatic rings. The van der Waals surface area contributed by atoms with E-state index >= 15 is 0 Å². The molecule has 0 aliphatic heterocycles. The zero-order valence-corrected chi connectivity index (χ0v) is 11.9. The van der Waals surface area contributed by atoms with Gasteiger partial charge in [0, 0.05) is 23.6 Å². The molecule has 90 valence electrons. The van der Waals surface area contributed by atoms with Gasteiger partial charge in [-0.15, -0.1) is 0 Å². The quantitative estimate of drug-likeness (QED) is 0.801. The Hall–Kier alpha value is -0.640. The number of hydrogen-bond acceptors (Lipinski definition) is 2. The molecule has 0 saturated carbocycles. The summed E-state index contributed by atoms with van der Waals surface area (Å²) in [7, 11) is 0. The van der Waals surface area contributed by atoms with Crippen LogP contribution >= 0.6 is 15.9 Å². The van der Waals surface area contributed by atoms with Gasteiger partial charge in [-0.2, -0.15) is 0 Å². The molecule has 1 rings (SSSR count). The number of aromatic nitrogens is 2. The third-order valence-corrected chi connectivity index (χ3v) is 3.63. The Labute approximate surface area is 105 Å². The maximum Gasteiger partial charge on any atom is 0.253 e. The molecule has 1 aromatic rings. The van der Waals surface area contributed by atoms with Gasteiger partial charge >= 0.3 is 0 Å². The van der Waals surface area contributed by atoms with Gasteiger partial charge in [0.25, 0.3) is 5.56 Å². The van der Waals surface area contributed by atoms with Crippen LogP contribution in [0.5, 0.6) is 0 Å². The van der Waals surface area contributed by atoms with Crippen LogP contribution in [0.25, 0.3) is 0 Å². The maximum absolute atomic E-state index is 11.7. The number of aryl methyl sites for hydroxylation is 1. The number of rotatable bonds is 3. The first-order chi connectivity index (χ1) is 7.34. The largest absolute Gasteiger partial charge is 0.299 e. The Bertz CT molecular complexity index is 406. The van der Waals surface area contributed by atoms with Crippen molar-refractivity contribution in [2.75, 3.05) is 5.33 Å². The van der Waals surface area contributed by atoms with Crippen molar-refractivity contribution in [1.29, 1.82) is 0 Å². The number of hydrogen-bond donors (Lipinski definition) is 0. The van der Waals surface area contributed by atoms with Crippen molar-refractivity contribution in [2.24, 2.45) is 11.3 Å². The lowest BCUT2D eigenvalue weighted by atomic mass is 9.82. The molecule has 0 spiro atoms. The fraction of sp³-hybridized carbons (Fsp3) is 0.667. The predicted molar refractivity (Wildman–Crippen MR) is 70.0 cm³/mol. The van der Waals surface area contributed by atoms with Gasteiger partial charge in [-0.3, -0.25) is 9.36 Å². The Balaban J connectivity index is 2.91. The third-order valence-electron chi connectivity index (χ3n) is 2.84. The molecule has 16 heavy (non-hydrogen) atoms. The Morgan fingerprint density at radius 3 is 2.56 bits per heavy atom. The van der Waals surface area contributed by atoms with Crippen LogP contribution in [-0.2, 0) is 6.54 Å². The highest BCUT2D eigenvalue weighted by Crippen LogP contribution is 2.28. The van der Waals surface area contributed by atoms with E-state index in [-0.39, 0.29) is 11.0 Å². The average Bonchev–Trinajstić information content (AvgIpc) is 2.14. The molecule has 0 fully saturated rings. The van der Waals surface area contributed by atoms with Gasteiger partial charge in [0.05, 0.1) is 6.33 Å². The lowest BCUT2D eigenvalue weighted by Crippen LogP contribution is -2.31. The minimum atomic E-state index is 0.0303. The standard InChI is InChI=1S/C12H19BrN2O/c1-9-5-11(16)15(8-14-9)7-10(6-13)12(2,3)4/h5,8,10H,6-7H2,1-4H3. The first-order valence-electron chi connectivity index (χ1n) is 5.43. The number of nitrogens with zero attached hydrogens (tertiary/aromatic N) is 2. The van der Waals surface area contributed by atoms with Crippen molar-refractivity contribution in [3.63, 3.8) is 0 Å². The van der Waals surface area contributed by atoms with E-state index in [0.29, 0.717) is 12.5 Å². The van der Waals surface area contributed by atoms with Gasteiger partial charge in [0.15, 0.2) is 0 Å². The van der Waals surface area contributed by atoms with Gasteiger partial charge in [0.2, 0.25) is 0 Å². The summed E-state index contributed by atoms with van der Waals surface area (Å²) in [5.41, 5.74) is 0.975. The van der Waals surface area contributed by atoms with E-state index in [9.17, 15) is 4.79 Å². The van der Waals surface area contributed by atoms with Gasteiger partial charge < -0.3 is 0 Å². The van der Waals surface area contributed by atoms with E-state index in [2.05, 4.69) is 41.7 Å². The van der Waals surface area contributed by atoms with E-state index in [1.165, 1.54) is 0 Å². The molecular formula is C12H19BrN2O. The molecule has 0 aliphatic carbocycles. The van der Waals surface area contributed by atoms with Crippen LogP contribution in [0.15, 0.2) is 17.2 Å². The molecule has 1 unspecified atom stereocenters. The van der Waals surface area contributed by atoms with Crippen LogP contribution in [0.4, 0.5) is 0 Å². The number of halogens is 1. The zero-order chi connectivity index (χ0) is 12.3. The summed E-state index contributed by atoms with van der Waals surface area (Å²) >= 11 is 3.51. The minimum absolute atomic E-state index is 0.0303. The second kappa shape index (κ2) is 5.13. The highest BCUT2D eigenvalue weighted by atomic mass is 79.9. The number of alkyl halides is 1. The first kappa shape index (κ1) is 13.4. The van der Waals surface area contributed by atoms with Crippen LogP contribution in [0.3, 0.4) is 0 Å². The van der Waals surface area contributed by atoms with Crippen LogP contribution in [0.2, 0.25) is 0 Å². The zero-order valence-electron chi connectivity index (χ0n) is 10.3. The molecule has 1 aromatic heterocycles. The molecule has 0 amide bonds. The summed E-state index contributed by atoms with van der Waals surface area (Å²) in [5, 5.41) is 0.886. The Morgan fingerprint density at radius 1 is 1.50 bits per heavy atom. The fourth-order valence-corrected chi connectivity index (χ4v) is 2.62. The Morgan fingerprint density at radius 2 is 2.12 bits per heavy atom. The van der Waals surface area contributed by atoms with Crippen LogP contribution in [0.1, 0.15) is 26.5 Å². The SMILES string of the molecule is Cc1cc(=O)n(CC(CBr)C(C)(C)C)cn1. The summed E-state index contributed by atoms with van der Waals surface area (Å²) < 4.78 is 1.68. The van der Waals surface area contributed by atoms with E-state index in [4.69, 9.17) is 0 Å². The molecule has 3 nitrogen and oxygen atoms in total. The van der Waals surface area contributed by atoms with Crippen molar-refractivity contribution in [3.05, 3.63) is 28.4 Å². The highest BCUT2D eigenvalue weighted by Gasteiger charge is 2.24. The van der Waals surface area contributed by atoms with Gasteiger partial charge in [0.1, 0.15) is 0 Å². The summed E-state index contributed by atoms with van der Waals surface area (Å²) in [5.74, 6) is 0.412. The summed E-state index contributed by atoms with van der Waals surface area (Å²) in [6.07, 6.45) is 1.64. The molecule has 0 radical (unpaired) electrons. The topological polar surface area (TPSA) is 34.9 Å². The van der Waals surface area contributed by atoms with Crippen molar-refractivity contribution in [2.45, 2.75) is 34.2 Å². The molecule has 1 heterocycles. The van der Waals surface area contributed by atoms with Crippen LogP contribution in [-0.4, -0.2) is 14.9 Å². The van der Waals surface area contributed by atoms with E-state index in [0.717, 1.165) is 11.0 Å². The molecule has 0 saturated heterocycles. The maximum atomic E-state index is 11.7. The normalized spacial score (nSPS) is 13.8. The summed E-state index contributed by atoms with van der Waals surface area (Å²) in [6, 6.07) is 1.58. The lowest BCUT2D eigenvalue weighted by Gasteiger charge is -2.29. The second-order valence-corrected chi connectivity index (χ2v) is 5.89. The third kappa shape index (κ3) is 3.44. The van der Waals surface area contributed by atoms with E-state index in [1.807, 2.05) is 6.92 Å². The summed E-state index contributed by atoms with van der Waals surface area (Å²) in [4.78, 5) is 15.9. The molecule has 4 heteroatoms. The van der Waals surface area contributed by atoms with Crippen molar-refractivity contribution in [3.8, 4) is 0 Å². The molecule has 0 bridgehead atoms. The van der Waals surface area contributed by atoms with E-state index in [1.54, 1.807) is 17.0 Å². The average molecular weight is 287 g/mol. The molecule has 0 aromatic carbocycles.